The fourth-order valence-corrected chi connectivity index (χ4v) is 2.30. The quantitative estimate of drug-likeness (QED) is 0.590. The van der Waals surface area contributed by atoms with E-state index in [1.54, 1.807) is 18.5 Å². The van der Waals surface area contributed by atoms with E-state index in [0.717, 1.165) is 16.7 Å². The standard InChI is InChI=1S/C15H10FN5/c16-11-3-1-2-10-14(11)19-8-20-15(10)21-9-4-5-12-13(6-9)18-7-17-12/h1-8H,(H,17,18)(H,19,20,21). The normalized spacial score (nSPS) is 11.1. The molecule has 0 amide bonds. The average Bonchev–Trinajstić information content (AvgIpc) is 2.96. The molecule has 2 aromatic carbocycles. The Bertz CT molecular complexity index is 947. The van der Waals surface area contributed by atoms with Crippen molar-refractivity contribution >= 4 is 33.4 Å². The number of hydrogen-bond acceptors (Lipinski definition) is 4. The first-order valence-electron chi connectivity index (χ1n) is 6.41. The average molecular weight is 279 g/mol. The molecule has 0 bridgehead atoms. The van der Waals surface area contributed by atoms with Crippen molar-refractivity contribution in [3.63, 3.8) is 0 Å². The van der Waals surface area contributed by atoms with Crippen LogP contribution in [0.4, 0.5) is 15.9 Å². The van der Waals surface area contributed by atoms with Crippen LogP contribution in [0, 0.1) is 5.82 Å². The zero-order valence-electron chi connectivity index (χ0n) is 10.8. The summed E-state index contributed by atoms with van der Waals surface area (Å²) in [6, 6.07) is 10.5. The molecule has 21 heavy (non-hydrogen) atoms. The molecule has 4 rings (SSSR count). The number of benzene rings is 2. The predicted molar refractivity (Wildman–Crippen MR) is 78.9 cm³/mol. The van der Waals surface area contributed by atoms with Crippen molar-refractivity contribution in [3.8, 4) is 0 Å². The molecule has 0 fully saturated rings. The van der Waals surface area contributed by atoms with E-state index >= 15 is 0 Å². The number of rotatable bonds is 2. The smallest absolute Gasteiger partial charge is 0.149 e. The second kappa shape index (κ2) is 4.52. The van der Waals surface area contributed by atoms with Gasteiger partial charge in [0.25, 0.3) is 0 Å². The first-order chi connectivity index (χ1) is 10.3. The maximum Gasteiger partial charge on any atom is 0.149 e. The lowest BCUT2D eigenvalue weighted by atomic mass is 10.2. The van der Waals surface area contributed by atoms with Crippen molar-refractivity contribution in [2.24, 2.45) is 0 Å². The summed E-state index contributed by atoms with van der Waals surface area (Å²) < 4.78 is 13.7. The number of aromatic amines is 1. The van der Waals surface area contributed by atoms with Gasteiger partial charge in [0, 0.05) is 11.1 Å². The molecule has 0 unspecified atom stereocenters. The van der Waals surface area contributed by atoms with E-state index < -0.39 is 0 Å². The SMILES string of the molecule is Fc1cccc2c(Nc3ccc4nc[nH]c4c3)ncnc12. The number of hydrogen-bond donors (Lipinski definition) is 2. The second-order valence-electron chi connectivity index (χ2n) is 4.62. The van der Waals surface area contributed by atoms with Crippen LogP contribution in [0.1, 0.15) is 0 Å². The van der Waals surface area contributed by atoms with Crippen molar-refractivity contribution in [2.45, 2.75) is 0 Å². The van der Waals surface area contributed by atoms with Crippen molar-refractivity contribution in [1.82, 2.24) is 19.9 Å². The third-order valence-corrected chi connectivity index (χ3v) is 3.30. The Morgan fingerprint density at radius 1 is 1.05 bits per heavy atom. The van der Waals surface area contributed by atoms with E-state index in [-0.39, 0.29) is 5.82 Å². The molecule has 0 aliphatic heterocycles. The Morgan fingerprint density at radius 3 is 2.95 bits per heavy atom. The summed E-state index contributed by atoms with van der Waals surface area (Å²) in [5.41, 5.74) is 2.96. The van der Waals surface area contributed by atoms with Crippen LogP contribution in [0.2, 0.25) is 0 Å². The van der Waals surface area contributed by atoms with E-state index in [0.29, 0.717) is 16.7 Å². The number of para-hydroxylation sites is 1. The number of nitrogens with one attached hydrogen (secondary N) is 2. The fourth-order valence-electron chi connectivity index (χ4n) is 2.30. The van der Waals surface area contributed by atoms with Crippen molar-refractivity contribution < 1.29 is 4.39 Å². The molecule has 2 aromatic heterocycles. The molecule has 0 atom stereocenters. The van der Waals surface area contributed by atoms with Crippen molar-refractivity contribution in [3.05, 3.63) is 54.9 Å². The molecule has 0 spiro atoms. The number of anilines is 2. The first-order valence-corrected chi connectivity index (χ1v) is 6.41. The highest BCUT2D eigenvalue weighted by Crippen LogP contribution is 2.25. The fraction of sp³-hybridized carbons (Fsp3) is 0. The van der Waals surface area contributed by atoms with Crippen LogP contribution in [-0.4, -0.2) is 19.9 Å². The van der Waals surface area contributed by atoms with Gasteiger partial charge < -0.3 is 10.3 Å². The number of imidazole rings is 1. The summed E-state index contributed by atoms with van der Waals surface area (Å²) >= 11 is 0. The van der Waals surface area contributed by atoms with E-state index in [9.17, 15) is 4.39 Å². The zero-order chi connectivity index (χ0) is 14.2. The van der Waals surface area contributed by atoms with E-state index in [4.69, 9.17) is 0 Å². The minimum Gasteiger partial charge on any atom is -0.345 e. The van der Waals surface area contributed by atoms with Crippen LogP contribution in [0.25, 0.3) is 21.9 Å². The van der Waals surface area contributed by atoms with Gasteiger partial charge in [0.15, 0.2) is 0 Å². The Labute approximate surface area is 118 Å². The number of aromatic nitrogens is 4. The molecule has 4 aromatic rings. The summed E-state index contributed by atoms with van der Waals surface area (Å²) in [7, 11) is 0. The summed E-state index contributed by atoms with van der Waals surface area (Å²) in [4.78, 5) is 15.4. The maximum absolute atomic E-state index is 13.7. The Hall–Kier alpha value is -3.02. The van der Waals surface area contributed by atoms with Crippen LogP contribution in [0.15, 0.2) is 49.1 Å². The van der Waals surface area contributed by atoms with Crippen molar-refractivity contribution in [1.29, 1.82) is 0 Å². The van der Waals surface area contributed by atoms with Gasteiger partial charge in [0.1, 0.15) is 23.5 Å². The van der Waals surface area contributed by atoms with Crippen LogP contribution in [0.3, 0.4) is 0 Å². The molecule has 0 aliphatic rings. The van der Waals surface area contributed by atoms with E-state index in [1.807, 2.05) is 18.2 Å². The molecule has 0 radical (unpaired) electrons. The van der Waals surface area contributed by atoms with Gasteiger partial charge in [-0.15, -0.1) is 0 Å². The Kier molecular flexibility index (Phi) is 2.53. The van der Waals surface area contributed by atoms with Gasteiger partial charge >= 0.3 is 0 Å². The molecular weight excluding hydrogens is 269 g/mol. The van der Waals surface area contributed by atoms with E-state index in [2.05, 4.69) is 25.3 Å². The molecule has 2 heterocycles. The van der Waals surface area contributed by atoms with Crippen LogP contribution in [-0.2, 0) is 0 Å². The lowest BCUT2D eigenvalue weighted by Crippen LogP contribution is -1.97. The van der Waals surface area contributed by atoms with Crippen LogP contribution < -0.4 is 5.32 Å². The topological polar surface area (TPSA) is 66.5 Å². The highest BCUT2D eigenvalue weighted by atomic mass is 19.1. The van der Waals surface area contributed by atoms with Gasteiger partial charge in [-0.05, 0) is 30.3 Å². The second-order valence-corrected chi connectivity index (χ2v) is 4.62. The Morgan fingerprint density at radius 2 is 2.00 bits per heavy atom. The minimum absolute atomic E-state index is 0.303. The molecule has 6 heteroatoms. The predicted octanol–water partition coefficient (Wildman–Crippen LogP) is 3.39. The minimum atomic E-state index is -0.359. The van der Waals surface area contributed by atoms with E-state index in [1.165, 1.54) is 12.4 Å². The van der Waals surface area contributed by atoms with Gasteiger partial charge in [-0.25, -0.2) is 19.3 Å². The Balaban J connectivity index is 1.81. The first kappa shape index (κ1) is 11.8. The number of fused-ring (bicyclic) bond motifs is 2. The molecule has 0 saturated heterocycles. The van der Waals surface area contributed by atoms with Gasteiger partial charge in [-0.3, -0.25) is 0 Å². The highest BCUT2D eigenvalue weighted by Gasteiger charge is 2.08. The van der Waals surface area contributed by atoms with Gasteiger partial charge in [0.2, 0.25) is 0 Å². The zero-order valence-corrected chi connectivity index (χ0v) is 10.8. The number of nitrogens with zero attached hydrogens (tertiary/aromatic N) is 3. The summed E-state index contributed by atoms with van der Waals surface area (Å²) in [5, 5.41) is 3.83. The van der Waals surface area contributed by atoms with Crippen molar-refractivity contribution in [2.75, 3.05) is 5.32 Å². The molecule has 0 saturated carbocycles. The van der Waals surface area contributed by atoms with Crippen LogP contribution in [0.5, 0.6) is 0 Å². The third-order valence-electron chi connectivity index (χ3n) is 3.30. The molecule has 2 N–H and O–H groups in total. The maximum atomic E-state index is 13.7. The number of H-pyrrole nitrogens is 1. The summed E-state index contributed by atoms with van der Waals surface area (Å²) in [6.07, 6.45) is 2.99. The molecular formula is C15H10FN5. The lowest BCUT2D eigenvalue weighted by Gasteiger charge is -2.08. The molecule has 5 nitrogen and oxygen atoms in total. The number of halogens is 1. The summed E-state index contributed by atoms with van der Waals surface area (Å²) in [6.45, 7) is 0. The molecule has 0 aliphatic carbocycles. The monoisotopic (exact) mass is 279 g/mol. The highest BCUT2D eigenvalue weighted by molar-refractivity contribution is 5.91. The molecule has 102 valence electrons. The third kappa shape index (κ3) is 1.97. The van der Waals surface area contributed by atoms with Gasteiger partial charge in [-0.1, -0.05) is 6.07 Å². The summed E-state index contributed by atoms with van der Waals surface area (Å²) in [5.74, 6) is 0.209. The van der Waals surface area contributed by atoms with Gasteiger partial charge in [0.05, 0.1) is 17.4 Å². The lowest BCUT2D eigenvalue weighted by molar-refractivity contribution is 0.636. The van der Waals surface area contributed by atoms with Gasteiger partial charge in [-0.2, -0.15) is 0 Å². The van der Waals surface area contributed by atoms with Crippen LogP contribution >= 0.6 is 0 Å². The largest absolute Gasteiger partial charge is 0.345 e.